The Kier molecular flexibility index (Phi) is 7.52. The van der Waals surface area contributed by atoms with E-state index < -0.39 is 60.3 Å². The number of hydrogen-bond acceptors (Lipinski definition) is 9. The standard InChI is InChI=1S/C26H22F4N6O5S2/c1-14(2)43(39,40)36-24-19(32-25(36)35-41-42(3,37)38)13-12-18(31-24)22-21(15-8-5-4-6-9-15)33-23(34-22)20-16(26(28,29)30)10-7-11-17(20)27/h4-14H,1-3H3,(H,32,35)(H,33,34). The number of imidazole rings is 2. The van der Waals surface area contributed by atoms with Crippen molar-refractivity contribution < 1.29 is 38.7 Å². The molecule has 0 spiro atoms. The second-order valence-corrected chi connectivity index (χ2v) is 13.5. The largest absolute Gasteiger partial charge is 0.417 e. The van der Waals surface area contributed by atoms with Gasteiger partial charge in [-0.25, -0.2) is 33.2 Å². The minimum atomic E-state index is -4.90. The third-order valence-corrected chi connectivity index (χ3v) is 8.60. The molecule has 0 fully saturated rings. The van der Waals surface area contributed by atoms with Gasteiger partial charge in [0.15, 0.2) is 5.65 Å². The predicted octanol–water partition coefficient (Wildman–Crippen LogP) is 5.20. The Bertz CT molecular complexity index is 2060. The Morgan fingerprint density at radius 2 is 1.63 bits per heavy atom. The molecular formula is C26H22F4N6O5S2. The molecule has 0 bridgehead atoms. The number of H-pyrrole nitrogens is 1. The molecule has 5 aromatic rings. The lowest BCUT2D eigenvalue weighted by atomic mass is 10.1. The van der Waals surface area contributed by atoms with Gasteiger partial charge in [0, 0.05) is 5.56 Å². The van der Waals surface area contributed by atoms with Gasteiger partial charge in [-0.05, 0) is 38.1 Å². The third kappa shape index (κ3) is 5.82. The molecule has 0 saturated carbocycles. The zero-order chi connectivity index (χ0) is 31.3. The number of anilines is 1. The van der Waals surface area contributed by atoms with E-state index in [2.05, 4.69) is 24.2 Å². The van der Waals surface area contributed by atoms with Crippen LogP contribution in [0.2, 0.25) is 0 Å². The fraction of sp³-hybridized carbons (Fsp3) is 0.192. The number of alkyl halides is 3. The highest BCUT2D eigenvalue weighted by molar-refractivity contribution is 7.90. The van der Waals surface area contributed by atoms with Crippen molar-refractivity contribution >= 4 is 37.3 Å². The third-order valence-electron chi connectivity index (χ3n) is 6.16. The van der Waals surface area contributed by atoms with E-state index in [1.54, 1.807) is 30.3 Å². The first-order valence-corrected chi connectivity index (χ1v) is 15.7. The summed E-state index contributed by atoms with van der Waals surface area (Å²) in [7, 11) is -8.31. The second kappa shape index (κ2) is 10.7. The molecule has 0 atom stereocenters. The topological polar surface area (TPSA) is 149 Å². The van der Waals surface area contributed by atoms with E-state index in [-0.39, 0.29) is 28.2 Å². The first-order chi connectivity index (χ1) is 20.1. The summed E-state index contributed by atoms with van der Waals surface area (Å²) in [5.74, 6) is -2.11. The Morgan fingerprint density at radius 1 is 0.930 bits per heavy atom. The highest BCUT2D eigenvalue weighted by atomic mass is 32.2. The summed E-state index contributed by atoms with van der Waals surface area (Å²) < 4.78 is 111. The van der Waals surface area contributed by atoms with Crippen molar-refractivity contribution in [2.24, 2.45) is 0 Å². The smallest absolute Gasteiger partial charge is 0.336 e. The lowest BCUT2D eigenvalue weighted by Gasteiger charge is -2.13. The summed E-state index contributed by atoms with van der Waals surface area (Å²) in [6.45, 7) is 2.76. The number of nitrogens with one attached hydrogen (secondary N) is 2. The highest BCUT2D eigenvalue weighted by Gasteiger charge is 2.36. The average Bonchev–Trinajstić information content (AvgIpc) is 3.53. The van der Waals surface area contributed by atoms with Gasteiger partial charge in [0.1, 0.15) is 17.2 Å². The van der Waals surface area contributed by atoms with Crippen LogP contribution in [0.25, 0.3) is 45.2 Å². The second-order valence-electron chi connectivity index (χ2n) is 9.56. The quantitative estimate of drug-likeness (QED) is 0.173. The van der Waals surface area contributed by atoms with E-state index in [9.17, 15) is 34.4 Å². The van der Waals surface area contributed by atoms with Crippen LogP contribution in [-0.2, 0) is 30.6 Å². The van der Waals surface area contributed by atoms with Gasteiger partial charge in [-0.15, -0.1) is 4.28 Å². The first-order valence-electron chi connectivity index (χ1n) is 12.4. The van der Waals surface area contributed by atoms with E-state index in [0.717, 1.165) is 24.5 Å². The minimum absolute atomic E-state index is 0.0158. The van der Waals surface area contributed by atoms with Crippen LogP contribution in [0.3, 0.4) is 0 Å². The zero-order valence-corrected chi connectivity index (χ0v) is 24.1. The van der Waals surface area contributed by atoms with E-state index in [1.807, 2.05) is 5.48 Å². The number of aromatic nitrogens is 5. The maximum Gasteiger partial charge on any atom is 0.417 e. The highest BCUT2D eigenvalue weighted by Crippen LogP contribution is 2.40. The van der Waals surface area contributed by atoms with E-state index in [0.29, 0.717) is 9.54 Å². The molecule has 5 rings (SSSR count). The van der Waals surface area contributed by atoms with Gasteiger partial charge in [0.25, 0.3) is 10.1 Å². The fourth-order valence-electron chi connectivity index (χ4n) is 4.19. The molecule has 0 unspecified atom stereocenters. The van der Waals surface area contributed by atoms with Gasteiger partial charge < -0.3 is 4.98 Å². The van der Waals surface area contributed by atoms with Crippen molar-refractivity contribution in [3.8, 4) is 34.0 Å². The van der Waals surface area contributed by atoms with Crippen LogP contribution in [-0.4, -0.2) is 52.2 Å². The van der Waals surface area contributed by atoms with Gasteiger partial charge >= 0.3 is 6.18 Å². The SMILES string of the molecule is CC(C)S(=O)(=O)n1c(NOS(C)(=O)=O)nc2ccc(-c3[nH]c(-c4c(F)cccc4C(F)(F)F)nc3-c3ccccc3)nc21. The number of aromatic amines is 1. The molecule has 0 aliphatic rings. The summed E-state index contributed by atoms with van der Waals surface area (Å²) in [6, 6.07) is 13.6. The molecule has 0 radical (unpaired) electrons. The van der Waals surface area contributed by atoms with Gasteiger partial charge in [0.2, 0.25) is 16.0 Å². The summed E-state index contributed by atoms with van der Waals surface area (Å²) in [4.78, 5) is 15.6. The molecule has 0 amide bonds. The van der Waals surface area contributed by atoms with Gasteiger partial charge in [-0.2, -0.15) is 25.6 Å². The number of pyridine rings is 1. The number of halogens is 4. The maximum atomic E-state index is 14.9. The van der Waals surface area contributed by atoms with Crippen molar-refractivity contribution in [2.75, 3.05) is 11.7 Å². The van der Waals surface area contributed by atoms with Crippen molar-refractivity contribution in [3.05, 3.63) is 72.0 Å². The van der Waals surface area contributed by atoms with Crippen LogP contribution in [0.4, 0.5) is 23.5 Å². The van der Waals surface area contributed by atoms with E-state index in [4.69, 9.17) is 0 Å². The normalized spacial score (nSPS) is 12.7. The lowest BCUT2D eigenvalue weighted by molar-refractivity contribution is -0.137. The Balaban J connectivity index is 1.78. The average molecular weight is 639 g/mol. The molecule has 3 heterocycles. The van der Waals surface area contributed by atoms with Crippen LogP contribution in [0, 0.1) is 5.82 Å². The summed E-state index contributed by atoms with van der Waals surface area (Å²) in [5, 5.41) is -1.02. The summed E-state index contributed by atoms with van der Waals surface area (Å²) in [6.07, 6.45) is -4.16. The molecule has 0 saturated heterocycles. The van der Waals surface area contributed by atoms with Crippen LogP contribution in [0.5, 0.6) is 0 Å². The van der Waals surface area contributed by atoms with Crippen molar-refractivity contribution in [3.63, 3.8) is 0 Å². The molecule has 17 heteroatoms. The molecule has 43 heavy (non-hydrogen) atoms. The van der Waals surface area contributed by atoms with Crippen molar-refractivity contribution in [1.82, 2.24) is 23.9 Å². The molecule has 0 aliphatic carbocycles. The number of benzene rings is 2. The molecule has 3 aromatic heterocycles. The molecule has 226 valence electrons. The predicted molar refractivity (Wildman–Crippen MR) is 150 cm³/mol. The molecule has 11 nitrogen and oxygen atoms in total. The van der Waals surface area contributed by atoms with Crippen LogP contribution < -0.4 is 5.48 Å². The summed E-state index contributed by atoms with van der Waals surface area (Å²) >= 11 is 0. The maximum absolute atomic E-state index is 14.9. The van der Waals surface area contributed by atoms with Crippen molar-refractivity contribution in [1.29, 1.82) is 0 Å². The van der Waals surface area contributed by atoms with Crippen LogP contribution >= 0.6 is 0 Å². The number of nitrogens with zero attached hydrogens (tertiary/aromatic N) is 4. The molecule has 0 aliphatic heterocycles. The molecule has 2 N–H and O–H groups in total. The number of hydrogen-bond donors (Lipinski definition) is 2. The van der Waals surface area contributed by atoms with Crippen LogP contribution in [0.1, 0.15) is 19.4 Å². The summed E-state index contributed by atoms with van der Waals surface area (Å²) in [5.41, 5.74) is 0.358. The van der Waals surface area contributed by atoms with Gasteiger partial charge in [0.05, 0.1) is 39.7 Å². The van der Waals surface area contributed by atoms with E-state index in [1.165, 1.54) is 26.0 Å². The molecular weight excluding hydrogens is 616 g/mol. The first kappa shape index (κ1) is 30.1. The van der Waals surface area contributed by atoms with Crippen LogP contribution in [0.15, 0.2) is 60.7 Å². The van der Waals surface area contributed by atoms with Gasteiger partial charge in [-0.3, -0.25) is 0 Å². The Hall–Kier alpha value is -4.35. The number of fused-ring (bicyclic) bond motifs is 1. The fourth-order valence-corrected chi connectivity index (χ4v) is 5.53. The molecule has 2 aromatic carbocycles. The Morgan fingerprint density at radius 3 is 2.26 bits per heavy atom. The minimum Gasteiger partial charge on any atom is -0.336 e. The lowest BCUT2D eigenvalue weighted by Crippen LogP contribution is -2.25. The Labute approximate surface area is 242 Å². The monoisotopic (exact) mass is 638 g/mol. The zero-order valence-electron chi connectivity index (χ0n) is 22.5. The number of rotatable bonds is 8. The van der Waals surface area contributed by atoms with E-state index >= 15 is 0 Å². The van der Waals surface area contributed by atoms with Crippen molar-refractivity contribution in [2.45, 2.75) is 25.3 Å². The van der Waals surface area contributed by atoms with Gasteiger partial charge in [-0.1, -0.05) is 36.4 Å².